The van der Waals surface area contributed by atoms with E-state index in [1.54, 1.807) is 0 Å². The van der Waals surface area contributed by atoms with Gasteiger partial charge in [-0.05, 0) is 13.0 Å². The Morgan fingerprint density at radius 1 is 1.54 bits per heavy atom. The van der Waals surface area contributed by atoms with Crippen molar-refractivity contribution in [2.75, 3.05) is 19.0 Å². The number of hydrogen-bond donors (Lipinski definition) is 1. The number of ether oxygens (including phenoxy) is 1. The summed E-state index contributed by atoms with van der Waals surface area (Å²) in [6.07, 6.45) is 3.88. The molecule has 0 saturated carbocycles. The van der Waals surface area contributed by atoms with Crippen LogP contribution in [-0.4, -0.2) is 18.6 Å². The lowest BCUT2D eigenvalue weighted by molar-refractivity contribution is 0.349. The third-order valence-electron chi connectivity index (χ3n) is 1.54. The first-order valence-corrected chi connectivity index (χ1v) is 4.25. The zero-order valence-electron chi connectivity index (χ0n) is 7.95. The summed E-state index contributed by atoms with van der Waals surface area (Å²) in [5.74, 6) is 1.46. The van der Waals surface area contributed by atoms with Crippen molar-refractivity contribution in [2.24, 2.45) is 0 Å². The van der Waals surface area contributed by atoms with E-state index in [0.29, 0.717) is 12.5 Å². The Balaban J connectivity index is 2.56. The average Bonchev–Trinajstić information content (AvgIpc) is 2.19. The van der Waals surface area contributed by atoms with E-state index in [1.165, 1.54) is 0 Å². The van der Waals surface area contributed by atoms with E-state index in [1.807, 2.05) is 44.3 Å². The second kappa shape index (κ2) is 5.19. The first-order chi connectivity index (χ1) is 6.36. The van der Waals surface area contributed by atoms with Crippen LogP contribution in [0.15, 0.2) is 30.4 Å². The van der Waals surface area contributed by atoms with Gasteiger partial charge in [-0.1, -0.05) is 18.2 Å². The lowest BCUT2D eigenvalue weighted by atomic mass is 10.4. The van der Waals surface area contributed by atoms with Gasteiger partial charge in [0.2, 0.25) is 5.88 Å². The highest BCUT2D eigenvalue weighted by atomic mass is 16.5. The van der Waals surface area contributed by atoms with Gasteiger partial charge in [0.05, 0.1) is 0 Å². The number of allylic oxidation sites excluding steroid dienone is 1. The Hall–Kier alpha value is -1.51. The standard InChI is InChI=1S/C10H14N2O/c1-3-4-8-13-10-7-5-6-9(11-2)12-10/h3-7H,8H2,1-2H3,(H,11,12)/b4-3+. The smallest absolute Gasteiger partial charge is 0.215 e. The van der Waals surface area contributed by atoms with E-state index < -0.39 is 0 Å². The van der Waals surface area contributed by atoms with E-state index in [0.717, 1.165) is 5.82 Å². The van der Waals surface area contributed by atoms with Crippen molar-refractivity contribution in [1.29, 1.82) is 0 Å². The maximum absolute atomic E-state index is 5.35. The molecule has 0 spiro atoms. The van der Waals surface area contributed by atoms with Crippen molar-refractivity contribution in [2.45, 2.75) is 6.92 Å². The van der Waals surface area contributed by atoms with E-state index in [4.69, 9.17) is 4.74 Å². The Bertz CT molecular complexity index is 284. The van der Waals surface area contributed by atoms with Gasteiger partial charge in [0.25, 0.3) is 0 Å². The van der Waals surface area contributed by atoms with Crippen molar-refractivity contribution in [3.63, 3.8) is 0 Å². The van der Waals surface area contributed by atoms with Crippen LogP contribution in [0, 0.1) is 0 Å². The van der Waals surface area contributed by atoms with Gasteiger partial charge in [0.15, 0.2) is 0 Å². The fourth-order valence-corrected chi connectivity index (χ4v) is 0.864. The van der Waals surface area contributed by atoms with Gasteiger partial charge in [0.1, 0.15) is 12.4 Å². The number of nitrogens with one attached hydrogen (secondary N) is 1. The monoisotopic (exact) mass is 178 g/mol. The molecule has 0 fully saturated rings. The zero-order valence-corrected chi connectivity index (χ0v) is 7.95. The van der Waals surface area contributed by atoms with Gasteiger partial charge in [0, 0.05) is 13.1 Å². The second-order valence-electron chi connectivity index (χ2n) is 2.49. The number of rotatable bonds is 4. The van der Waals surface area contributed by atoms with Gasteiger partial charge in [-0.3, -0.25) is 0 Å². The summed E-state index contributed by atoms with van der Waals surface area (Å²) in [5.41, 5.74) is 0. The highest BCUT2D eigenvalue weighted by Gasteiger charge is 1.94. The highest BCUT2D eigenvalue weighted by Crippen LogP contribution is 2.10. The van der Waals surface area contributed by atoms with Crippen LogP contribution < -0.4 is 10.1 Å². The fourth-order valence-electron chi connectivity index (χ4n) is 0.864. The van der Waals surface area contributed by atoms with Crippen LogP contribution in [0.3, 0.4) is 0 Å². The predicted molar refractivity (Wildman–Crippen MR) is 54.1 cm³/mol. The first-order valence-electron chi connectivity index (χ1n) is 4.25. The Morgan fingerprint density at radius 3 is 3.08 bits per heavy atom. The van der Waals surface area contributed by atoms with Crippen LogP contribution in [0.25, 0.3) is 0 Å². The van der Waals surface area contributed by atoms with Crippen molar-refractivity contribution in [3.8, 4) is 5.88 Å². The Kier molecular flexibility index (Phi) is 3.82. The van der Waals surface area contributed by atoms with Gasteiger partial charge in [-0.2, -0.15) is 4.98 Å². The van der Waals surface area contributed by atoms with Gasteiger partial charge in [-0.25, -0.2) is 0 Å². The molecule has 0 aromatic carbocycles. The maximum atomic E-state index is 5.35. The molecule has 13 heavy (non-hydrogen) atoms. The van der Waals surface area contributed by atoms with Crippen molar-refractivity contribution in [3.05, 3.63) is 30.4 Å². The summed E-state index contributed by atoms with van der Waals surface area (Å²) in [6, 6.07) is 5.64. The first kappa shape index (κ1) is 9.58. The molecule has 0 unspecified atom stereocenters. The van der Waals surface area contributed by atoms with Crippen LogP contribution in [0.1, 0.15) is 6.92 Å². The molecule has 1 aromatic rings. The highest BCUT2D eigenvalue weighted by molar-refractivity contribution is 5.35. The third kappa shape index (κ3) is 3.15. The quantitative estimate of drug-likeness (QED) is 0.717. The molecule has 0 saturated heterocycles. The summed E-state index contributed by atoms with van der Waals surface area (Å²) >= 11 is 0. The molecule has 0 bridgehead atoms. The van der Waals surface area contributed by atoms with Crippen LogP contribution in [0.5, 0.6) is 5.88 Å². The average molecular weight is 178 g/mol. The molecule has 1 N–H and O–H groups in total. The molecule has 0 atom stereocenters. The summed E-state index contributed by atoms with van der Waals surface area (Å²) in [4.78, 5) is 4.20. The minimum Gasteiger partial charge on any atom is -0.473 e. The molecule has 1 rings (SSSR count). The lowest BCUT2D eigenvalue weighted by Gasteiger charge is -2.03. The maximum Gasteiger partial charge on any atom is 0.215 e. The molecular formula is C10H14N2O. The molecule has 0 amide bonds. The van der Waals surface area contributed by atoms with Crippen LogP contribution in [0.4, 0.5) is 5.82 Å². The SMILES string of the molecule is C/C=C/COc1cccc(NC)n1. The number of anilines is 1. The van der Waals surface area contributed by atoms with E-state index in [-0.39, 0.29) is 0 Å². The molecule has 0 aliphatic rings. The summed E-state index contributed by atoms with van der Waals surface area (Å²) < 4.78 is 5.35. The van der Waals surface area contributed by atoms with E-state index in [2.05, 4.69) is 10.3 Å². The number of hydrogen-bond acceptors (Lipinski definition) is 3. The third-order valence-corrected chi connectivity index (χ3v) is 1.54. The molecule has 1 aromatic heterocycles. The zero-order chi connectivity index (χ0) is 9.52. The number of aromatic nitrogens is 1. The molecule has 1 heterocycles. The topological polar surface area (TPSA) is 34.1 Å². The minimum absolute atomic E-state index is 0.566. The van der Waals surface area contributed by atoms with Gasteiger partial charge in [-0.15, -0.1) is 0 Å². The fraction of sp³-hybridized carbons (Fsp3) is 0.300. The Labute approximate surface area is 78.4 Å². The number of pyridine rings is 1. The largest absolute Gasteiger partial charge is 0.473 e. The second-order valence-corrected chi connectivity index (χ2v) is 2.49. The summed E-state index contributed by atoms with van der Waals surface area (Å²) in [6.45, 7) is 2.53. The lowest BCUT2D eigenvalue weighted by Crippen LogP contribution is -1.98. The van der Waals surface area contributed by atoms with Gasteiger partial charge >= 0.3 is 0 Å². The van der Waals surface area contributed by atoms with Crippen molar-refractivity contribution < 1.29 is 4.74 Å². The Morgan fingerprint density at radius 2 is 2.38 bits per heavy atom. The molecule has 0 radical (unpaired) electrons. The summed E-state index contributed by atoms with van der Waals surface area (Å²) in [5, 5.41) is 2.95. The van der Waals surface area contributed by atoms with Crippen LogP contribution >= 0.6 is 0 Å². The van der Waals surface area contributed by atoms with Gasteiger partial charge < -0.3 is 10.1 Å². The van der Waals surface area contributed by atoms with E-state index in [9.17, 15) is 0 Å². The normalized spacial score (nSPS) is 10.3. The minimum atomic E-state index is 0.566. The molecule has 3 heteroatoms. The predicted octanol–water partition coefficient (Wildman–Crippen LogP) is 2.08. The van der Waals surface area contributed by atoms with E-state index >= 15 is 0 Å². The molecule has 0 aliphatic heterocycles. The molecular weight excluding hydrogens is 164 g/mol. The molecule has 70 valence electrons. The number of nitrogens with zero attached hydrogens (tertiary/aromatic N) is 1. The van der Waals surface area contributed by atoms with Crippen molar-refractivity contribution >= 4 is 5.82 Å². The van der Waals surface area contributed by atoms with Crippen LogP contribution in [0.2, 0.25) is 0 Å². The van der Waals surface area contributed by atoms with Crippen LogP contribution in [-0.2, 0) is 0 Å². The molecule has 3 nitrogen and oxygen atoms in total. The summed E-state index contributed by atoms with van der Waals surface area (Å²) in [7, 11) is 1.83. The molecule has 0 aliphatic carbocycles. The van der Waals surface area contributed by atoms with Crippen molar-refractivity contribution in [1.82, 2.24) is 4.98 Å².